The molecule has 6 nitrogen and oxygen atoms in total. The molecule has 132 valence electrons. The lowest BCUT2D eigenvalue weighted by Crippen LogP contribution is -2.25. The van der Waals surface area contributed by atoms with Crippen LogP contribution in [0.1, 0.15) is 60.8 Å². The molecule has 0 aliphatic heterocycles. The standard InChI is InChI=1S/C17H25N3O3S/c1-4-23-16(21)14-12-7-5-6-8-13(12)24-15(14)19-17(22)20-18-10-9-11(2)3/h10-11H,4-9H2,1-3H3,(H2,19,20,22). The van der Waals surface area contributed by atoms with Gasteiger partial charge in [0.1, 0.15) is 5.00 Å². The first-order valence-corrected chi connectivity index (χ1v) is 9.24. The molecule has 0 fully saturated rings. The van der Waals surface area contributed by atoms with Crippen molar-refractivity contribution in [3.05, 3.63) is 16.0 Å². The summed E-state index contributed by atoms with van der Waals surface area (Å²) in [6, 6.07) is -0.445. The minimum Gasteiger partial charge on any atom is -0.462 e. The number of hydrazone groups is 1. The molecule has 0 bridgehead atoms. The van der Waals surface area contributed by atoms with E-state index < -0.39 is 6.03 Å². The number of urea groups is 1. The van der Waals surface area contributed by atoms with Crippen LogP contribution < -0.4 is 10.7 Å². The van der Waals surface area contributed by atoms with Crippen molar-refractivity contribution in [1.82, 2.24) is 5.43 Å². The monoisotopic (exact) mass is 351 g/mol. The first-order chi connectivity index (χ1) is 11.5. The molecule has 1 aliphatic rings. The van der Waals surface area contributed by atoms with Gasteiger partial charge in [-0.15, -0.1) is 11.3 Å². The highest BCUT2D eigenvalue weighted by Crippen LogP contribution is 2.38. The Bertz CT molecular complexity index is 623. The van der Waals surface area contributed by atoms with Crippen molar-refractivity contribution >= 4 is 34.6 Å². The van der Waals surface area contributed by atoms with Gasteiger partial charge in [0.05, 0.1) is 12.2 Å². The number of hydrogen-bond acceptors (Lipinski definition) is 5. The second kappa shape index (κ2) is 8.82. The Morgan fingerprint density at radius 3 is 2.79 bits per heavy atom. The summed E-state index contributed by atoms with van der Waals surface area (Å²) in [7, 11) is 0. The van der Waals surface area contributed by atoms with Crippen molar-refractivity contribution in [2.45, 2.75) is 52.9 Å². The first kappa shape index (κ1) is 18.4. The number of amides is 2. The molecule has 2 rings (SSSR count). The predicted octanol–water partition coefficient (Wildman–Crippen LogP) is 3.96. The average molecular weight is 351 g/mol. The Morgan fingerprint density at radius 2 is 2.08 bits per heavy atom. The summed E-state index contributed by atoms with van der Waals surface area (Å²) in [5, 5.41) is 7.20. The van der Waals surface area contributed by atoms with Gasteiger partial charge in [0.25, 0.3) is 0 Å². The number of ether oxygens (including phenoxy) is 1. The molecule has 0 aromatic carbocycles. The summed E-state index contributed by atoms with van der Waals surface area (Å²) in [6.45, 7) is 6.25. The minimum absolute atomic E-state index is 0.314. The number of hydrogen-bond donors (Lipinski definition) is 2. The van der Waals surface area contributed by atoms with Gasteiger partial charge in [-0.3, -0.25) is 5.32 Å². The predicted molar refractivity (Wildman–Crippen MR) is 97.0 cm³/mol. The molecule has 1 aromatic rings. The van der Waals surface area contributed by atoms with Crippen molar-refractivity contribution < 1.29 is 14.3 Å². The van der Waals surface area contributed by atoms with Crippen LogP contribution in [0.5, 0.6) is 0 Å². The number of nitrogens with one attached hydrogen (secondary N) is 2. The molecule has 7 heteroatoms. The molecule has 24 heavy (non-hydrogen) atoms. The van der Waals surface area contributed by atoms with Crippen LogP contribution in [0, 0.1) is 5.92 Å². The topological polar surface area (TPSA) is 79.8 Å². The van der Waals surface area contributed by atoms with Crippen molar-refractivity contribution in [2.75, 3.05) is 11.9 Å². The average Bonchev–Trinajstić information content (AvgIpc) is 2.89. The van der Waals surface area contributed by atoms with E-state index in [1.54, 1.807) is 13.1 Å². The van der Waals surface area contributed by atoms with E-state index in [9.17, 15) is 9.59 Å². The lowest BCUT2D eigenvalue weighted by atomic mass is 9.95. The Morgan fingerprint density at radius 1 is 1.33 bits per heavy atom. The first-order valence-electron chi connectivity index (χ1n) is 8.43. The quantitative estimate of drug-likeness (QED) is 0.462. The molecule has 2 N–H and O–H groups in total. The fourth-order valence-corrected chi connectivity index (χ4v) is 3.84. The van der Waals surface area contributed by atoms with Crippen LogP contribution >= 0.6 is 11.3 Å². The maximum absolute atomic E-state index is 12.3. The zero-order chi connectivity index (χ0) is 17.5. The second-order valence-electron chi connectivity index (χ2n) is 6.14. The van der Waals surface area contributed by atoms with Crippen LogP contribution in [-0.4, -0.2) is 24.8 Å². The molecular formula is C17H25N3O3S. The molecule has 1 aliphatic carbocycles. The number of thiophene rings is 1. The molecular weight excluding hydrogens is 326 g/mol. The summed E-state index contributed by atoms with van der Waals surface area (Å²) < 4.78 is 5.17. The number of fused-ring (bicyclic) bond motifs is 1. The molecule has 2 amide bonds. The van der Waals surface area contributed by atoms with Crippen LogP contribution in [0.3, 0.4) is 0 Å². The molecule has 0 unspecified atom stereocenters. The molecule has 0 saturated carbocycles. The third-order valence-corrected chi connectivity index (χ3v) is 4.92. The number of anilines is 1. The van der Waals surface area contributed by atoms with Gasteiger partial charge in [-0.25, -0.2) is 15.0 Å². The van der Waals surface area contributed by atoms with Crippen LogP contribution in [0.4, 0.5) is 9.80 Å². The maximum Gasteiger partial charge on any atom is 0.341 e. The Balaban J connectivity index is 2.11. The highest BCUT2D eigenvalue weighted by atomic mass is 32.1. The number of carbonyl (C=O) groups excluding carboxylic acids is 2. The van der Waals surface area contributed by atoms with Crippen molar-refractivity contribution in [3.63, 3.8) is 0 Å². The van der Waals surface area contributed by atoms with Gasteiger partial charge in [-0.1, -0.05) is 13.8 Å². The molecule has 0 radical (unpaired) electrons. The van der Waals surface area contributed by atoms with E-state index in [1.165, 1.54) is 16.2 Å². The van der Waals surface area contributed by atoms with Crippen LogP contribution in [0.2, 0.25) is 0 Å². The summed E-state index contributed by atoms with van der Waals surface area (Å²) in [5.41, 5.74) is 3.98. The van der Waals surface area contributed by atoms with E-state index in [4.69, 9.17) is 4.74 Å². The lowest BCUT2D eigenvalue weighted by molar-refractivity contribution is 0.0526. The van der Waals surface area contributed by atoms with Crippen LogP contribution in [0.15, 0.2) is 5.10 Å². The van der Waals surface area contributed by atoms with Gasteiger partial charge in [-0.05, 0) is 50.5 Å². The number of aryl methyl sites for hydroxylation is 1. The zero-order valence-electron chi connectivity index (χ0n) is 14.5. The molecule has 0 saturated heterocycles. The number of carbonyl (C=O) groups is 2. The Hall–Kier alpha value is -1.89. The Labute approximate surface area is 146 Å². The van der Waals surface area contributed by atoms with Gasteiger partial charge in [0.15, 0.2) is 0 Å². The number of rotatable bonds is 6. The van der Waals surface area contributed by atoms with Gasteiger partial charge < -0.3 is 4.74 Å². The molecule has 1 aromatic heterocycles. The molecule has 1 heterocycles. The third-order valence-electron chi connectivity index (χ3n) is 3.71. The smallest absolute Gasteiger partial charge is 0.341 e. The highest BCUT2D eigenvalue weighted by molar-refractivity contribution is 7.17. The SMILES string of the molecule is CCOC(=O)c1c(NC(=O)NN=CCC(C)C)sc2c1CCCC2. The normalized spacial score (nSPS) is 13.8. The molecule has 0 atom stereocenters. The number of nitrogens with zero attached hydrogens (tertiary/aromatic N) is 1. The second-order valence-corrected chi connectivity index (χ2v) is 7.25. The summed E-state index contributed by atoms with van der Waals surface area (Å²) in [5.74, 6) is 0.119. The molecule has 0 spiro atoms. The summed E-state index contributed by atoms with van der Waals surface area (Å²) in [4.78, 5) is 25.5. The number of esters is 1. The summed E-state index contributed by atoms with van der Waals surface area (Å²) in [6.07, 6.45) is 6.44. The van der Waals surface area contributed by atoms with Crippen molar-refractivity contribution in [1.29, 1.82) is 0 Å². The maximum atomic E-state index is 12.3. The van der Waals surface area contributed by atoms with Crippen LogP contribution in [-0.2, 0) is 17.6 Å². The fraction of sp³-hybridized carbons (Fsp3) is 0.588. The van der Waals surface area contributed by atoms with Gasteiger partial charge >= 0.3 is 12.0 Å². The van der Waals surface area contributed by atoms with E-state index in [2.05, 4.69) is 29.7 Å². The highest BCUT2D eigenvalue weighted by Gasteiger charge is 2.27. The van der Waals surface area contributed by atoms with E-state index in [-0.39, 0.29) is 5.97 Å². The zero-order valence-corrected chi connectivity index (χ0v) is 15.3. The lowest BCUT2D eigenvalue weighted by Gasteiger charge is -2.12. The van der Waals surface area contributed by atoms with E-state index >= 15 is 0 Å². The van der Waals surface area contributed by atoms with E-state index in [1.807, 2.05) is 0 Å². The van der Waals surface area contributed by atoms with Gasteiger partial charge in [0, 0.05) is 11.1 Å². The summed E-state index contributed by atoms with van der Waals surface area (Å²) >= 11 is 1.46. The third kappa shape index (κ3) is 4.80. The fourth-order valence-electron chi connectivity index (χ4n) is 2.57. The van der Waals surface area contributed by atoms with Crippen LogP contribution in [0.25, 0.3) is 0 Å². The Kier molecular flexibility index (Phi) is 6.78. The van der Waals surface area contributed by atoms with Gasteiger partial charge in [-0.2, -0.15) is 5.10 Å². The van der Waals surface area contributed by atoms with Crippen molar-refractivity contribution in [2.24, 2.45) is 11.0 Å². The largest absolute Gasteiger partial charge is 0.462 e. The van der Waals surface area contributed by atoms with Crippen molar-refractivity contribution in [3.8, 4) is 0 Å². The van der Waals surface area contributed by atoms with Gasteiger partial charge in [0.2, 0.25) is 0 Å². The minimum atomic E-state index is -0.445. The van der Waals surface area contributed by atoms with E-state index in [0.717, 1.165) is 37.7 Å². The van der Waals surface area contributed by atoms with E-state index in [0.29, 0.717) is 23.1 Å².